The molecule has 0 unspecified atom stereocenters. The van der Waals surface area contributed by atoms with E-state index in [0.29, 0.717) is 18.5 Å². The molecule has 0 aliphatic heterocycles. The summed E-state index contributed by atoms with van der Waals surface area (Å²) in [4.78, 5) is 14.7. The first-order valence-electron chi connectivity index (χ1n) is 15.6. The summed E-state index contributed by atoms with van der Waals surface area (Å²) in [5.74, 6) is -0.651. The Balaban J connectivity index is -0.000000345. The molecule has 1 N–H and O–H groups in total. The lowest BCUT2D eigenvalue weighted by atomic mass is 10.0. The fourth-order valence-corrected chi connectivity index (χ4v) is 3.35. The second-order valence-corrected chi connectivity index (χ2v) is 11.6. The van der Waals surface area contributed by atoms with Crippen molar-refractivity contribution in [3.63, 3.8) is 0 Å². The molecule has 5 heteroatoms. The fraction of sp³-hybridized carbons (Fsp3) is 0.969. The van der Waals surface area contributed by atoms with Gasteiger partial charge in [0.05, 0.1) is 0 Å². The van der Waals surface area contributed by atoms with Crippen LogP contribution in [0.1, 0.15) is 163 Å². The average Bonchev–Trinajstić information content (AvgIpc) is 2.81. The van der Waals surface area contributed by atoms with Crippen LogP contribution >= 0.6 is 12.4 Å². The lowest BCUT2D eigenvalue weighted by molar-refractivity contribution is -0.137. The van der Waals surface area contributed by atoms with E-state index in [-0.39, 0.29) is 12.4 Å². The van der Waals surface area contributed by atoms with Crippen LogP contribution in [0.5, 0.6) is 0 Å². The van der Waals surface area contributed by atoms with Crippen LogP contribution in [0.4, 0.5) is 0 Å². The molecule has 0 amide bonds. The van der Waals surface area contributed by atoms with Crippen molar-refractivity contribution in [2.24, 2.45) is 0 Å². The van der Waals surface area contributed by atoms with Gasteiger partial charge in [0.1, 0.15) is 0 Å². The van der Waals surface area contributed by atoms with E-state index in [9.17, 15) is 4.79 Å². The first-order chi connectivity index (χ1) is 17.1. The van der Waals surface area contributed by atoms with Gasteiger partial charge in [0.25, 0.3) is 0 Å². The predicted octanol–water partition coefficient (Wildman–Crippen LogP) is 10.2. The molecule has 0 heterocycles. The van der Waals surface area contributed by atoms with Crippen molar-refractivity contribution < 1.29 is 9.90 Å². The Morgan fingerprint density at radius 2 is 0.703 bits per heavy atom. The SMILES string of the molecule is CC(C)N(C)C.CC(C)N(C)C.CCCCCCCCCCCCCCCCCCCCCC(=O)O.Cl. The molecule has 0 aliphatic carbocycles. The highest BCUT2D eigenvalue weighted by atomic mass is 35.5. The number of aliphatic carboxylic acids is 1. The maximum absolute atomic E-state index is 10.4. The van der Waals surface area contributed by atoms with Gasteiger partial charge in [-0.2, -0.15) is 0 Å². The van der Waals surface area contributed by atoms with Crippen LogP contribution < -0.4 is 0 Å². The number of hydrogen-bond acceptors (Lipinski definition) is 3. The van der Waals surface area contributed by atoms with E-state index in [1.54, 1.807) is 0 Å². The molecular weight excluding hydrogens is 480 g/mol. The van der Waals surface area contributed by atoms with E-state index < -0.39 is 5.97 Å². The van der Waals surface area contributed by atoms with Gasteiger partial charge in [-0.15, -0.1) is 12.4 Å². The van der Waals surface area contributed by atoms with E-state index in [1.807, 2.05) is 0 Å². The van der Waals surface area contributed by atoms with Gasteiger partial charge >= 0.3 is 5.97 Å². The van der Waals surface area contributed by atoms with Crippen molar-refractivity contribution in [1.82, 2.24) is 9.80 Å². The molecule has 0 rings (SSSR count). The summed E-state index contributed by atoms with van der Waals surface area (Å²) >= 11 is 0. The minimum Gasteiger partial charge on any atom is -0.481 e. The van der Waals surface area contributed by atoms with E-state index in [0.717, 1.165) is 12.8 Å². The minimum atomic E-state index is -0.651. The zero-order chi connectivity index (χ0) is 28.0. The molecule has 0 aromatic carbocycles. The number of unbranched alkanes of at least 4 members (excludes halogenated alkanes) is 18. The Hall–Kier alpha value is -0.320. The molecule has 0 fully saturated rings. The average molecular weight is 551 g/mol. The zero-order valence-electron chi connectivity index (χ0n) is 27.0. The molecule has 228 valence electrons. The Kier molecular flexibility index (Phi) is 42.2. The second-order valence-electron chi connectivity index (χ2n) is 11.6. The smallest absolute Gasteiger partial charge is 0.303 e. The van der Waals surface area contributed by atoms with Crippen LogP contribution in [0.15, 0.2) is 0 Å². The van der Waals surface area contributed by atoms with Crippen LogP contribution in [0.25, 0.3) is 0 Å². The molecule has 0 bridgehead atoms. The summed E-state index contributed by atoms with van der Waals surface area (Å²) in [5.41, 5.74) is 0. The summed E-state index contributed by atoms with van der Waals surface area (Å²) in [6, 6.07) is 1.37. The largest absolute Gasteiger partial charge is 0.481 e. The van der Waals surface area contributed by atoms with Gasteiger partial charge in [-0.3, -0.25) is 4.79 Å². The summed E-state index contributed by atoms with van der Waals surface area (Å²) in [5, 5.41) is 8.56. The third-order valence-corrected chi connectivity index (χ3v) is 7.06. The Morgan fingerprint density at radius 3 is 0.865 bits per heavy atom. The summed E-state index contributed by atoms with van der Waals surface area (Å²) in [6.45, 7) is 10.9. The summed E-state index contributed by atoms with van der Waals surface area (Å²) in [6.07, 6.45) is 26.1. The first kappa shape index (κ1) is 43.7. The second kappa shape index (κ2) is 35.7. The highest BCUT2D eigenvalue weighted by Crippen LogP contribution is 2.14. The molecule has 37 heavy (non-hydrogen) atoms. The quantitative estimate of drug-likeness (QED) is 0.136. The number of hydrogen-bond donors (Lipinski definition) is 1. The van der Waals surface area contributed by atoms with Crippen LogP contribution in [0.2, 0.25) is 0 Å². The Bertz CT molecular complexity index is 392. The molecule has 0 aromatic rings. The van der Waals surface area contributed by atoms with Crippen LogP contribution in [0, 0.1) is 0 Å². The standard InChI is InChI=1S/C22H44O2.2C5H13N.ClH/c1-2-3-4-5-6-7-8-9-10-11-12-13-14-15-16-17-18-19-20-21-22(23)24;2*1-5(2)6(3)4;/h2-21H2,1H3,(H,23,24);2*5H,1-4H3;1H. The predicted molar refractivity (Wildman–Crippen MR) is 171 cm³/mol. The topological polar surface area (TPSA) is 43.8 Å². The van der Waals surface area contributed by atoms with Gasteiger partial charge in [0.15, 0.2) is 0 Å². The number of nitrogens with zero attached hydrogens (tertiary/aromatic N) is 2. The number of halogens is 1. The third-order valence-electron chi connectivity index (χ3n) is 7.06. The van der Waals surface area contributed by atoms with Crippen LogP contribution in [0.3, 0.4) is 0 Å². The highest BCUT2D eigenvalue weighted by molar-refractivity contribution is 5.85. The molecule has 4 nitrogen and oxygen atoms in total. The molecule has 0 aromatic heterocycles. The van der Waals surface area contributed by atoms with Crippen molar-refractivity contribution in [2.75, 3.05) is 28.2 Å². The normalized spacial score (nSPS) is 10.7. The minimum absolute atomic E-state index is 0. The highest BCUT2D eigenvalue weighted by Gasteiger charge is 1.97. The third kappa shape index (κ3) is 49.2. The van der Waals surface area contributed by atoms with Gasteiger partial charge in [-0.05, 0) is 62.3 Å². The number of carboxylic acids is 1. The molecule has 0 radical (unpaired) electrons. The molecule has 0 saturated carbocycles. The van der Waals surface area contributed by atoms with E-state index in [1.165, 1.54) is 109 Å². The van der Waals surface area contributed by atoms with Crippen molar-refractivity contribution in [1.29, 1.82) is 0 Å². The lowest BCUT2D eigenvalue weighted by Gasteiger charge is -2.12. The van der Waals surface area contributed by atoms with Crippen LogP contribution in [-0.2, 0) is 4.79 Å². The van der Waals surface area contributed by atoms with E-state index in [2.05, 4.69) is 72.6 Å². The van der Waals surface area contributed by atoms with E-state index >= 15 is 0 Å². The van der Waals surface area contributed by atoms with Crippen molar-refractivity contribution >= 4 is 18.4 Å². The van der Waals surface area contributed by atoms with Gasteiger partial charge in [-0.25, -0.2) is 0 Å². The monoisotopic (exact) mass is 551 g/mol. The maximum atomic E-state index is 10.4. The fourth-order valence-electron chi connectivity index (χ4n) is 3.35. The van der Waals surface area contributed by atoms with Gasteiger partial charge < -0.3 is 14.9 Å². The van der Waals surface area contributed by atoms with Gasteiger partial charge in [0.2, 0.25) is 0 Å². The summed E-state index contributed by atoms with van der Waals surface area (Å²) in [7, 11) is 8.30. The molecule has 0 spiro atoms. The van der Waals surface area contributed by atoms with Gasteiger partial charge in [-0.1, -0.05) is 122 Å². The lowest BCUT2D eigenvalue weighted by Crippen LogP contribution is -2.20. The van der Waals surface area contributed by atoms with E-state index in [4.69, 9.17) is 5.11 Å². The van der Waals surface area contributed by atoms with Crippen LogP contribution in [-0.4, -0.2) is 61.2 Å². The Labute approximate surface area is 241 Å². The zero-order valence-corrected chi connectivity index (χ0v) is 27.8. The number of carbonyl (C=O) groups is 1. The molecule has 0 aliphatic rings. The summed E-state index contributed by atoms with van der Waals surface area (Å²) < 4.78 is 0. The maximum Gasteiger partial charge on any atom is 0.303 e. The van der Waals surface area contributed by atoms with Crippen molar-refractivity contribution in [3.8, 4) is 0 Å². The van der Waals surface area contributed by atoms with Crippen molar-refractivity contribution in [2.45, 2.75) is 175 Å². The Morgan fingerprint density at radius 1 is 0.514 bits per heavy atom. The van der Waals surface area contributed by atoms with Crippen molar-refractivity contribution in [3.05, 3.63) is 0 Å². The number of carboxylic acid groups (broad SMARTS) is 1. The first-order valence-corrected chi connectivity index (χ1v) is 15.6. The number of rotatable bonds is 22. The molecule has 0 saturated heterocycles. The molecular formula is C32H71ClN2O2. The van der Waals surface area contributed by atoms with Gasteiger partial charge in [0, 0.05) is 18.5 Å². The molecule has 0 atom stereocenters.